The highest BCUT2D eigenvalue weighted by Gasteiger charge is 2.41. The normalized spacial score (nSPS) is 20.2. The minimum atomic E-state index is 0.409. The van der Waals surface area contributed by atoms with Crippen molar-refractivity contribution >= 4 is 0 Å². The lowest BCUT2D eigenvalue weighted by Gasteiger charge is -2.36. The van der Waals surface area contributed by atoms with Crippen molar-refractivity contribution in [1.82, 2.24) is 14.9 Å². The molecule has 0 saturated heterocycles. The number of imidazole rings is 1. The molecule has 3 heteroatoms. The highest BCUT2D eigenvalue weighted by Crippen LogP contribution is 2.49. The van der Waals surface area contributed by atoms with Crippen molar-refractivity contribution in [3.8, 4) is 0 Å². The molecule has 1 unspecified atom stereocenters. The fraction of sp³-hybridized carbons (Fsp3) is 0.800. The third-order valence-corrected chi connectivity index (χ3v) is 4.67. The second-order valence-corrected chi connectivity index (χ2v) is 5.62. The second-order valence-electron chi connectivity index (χ2n) is 5.62. The molecule has 2 rings (SSSR count). The van der Waals surface area contributed by atoms with E-state index in [9.17, 15) is 0 Å². The molecule has 1 atom stereocenters. The van der Waals surface area contributed by atoms with Crippen LogP contribution in [0.25, 0.3) is 0 Å². The van der Waals surface area contributed by atoms with Crippen LogP contribution in [0.2, 0.25) is 0 Å². The number of nitrogens with zero attached hydrogens (tertiary/aromatic N) is 2. The molecule has 1 N–H and O–H groups in total. The third kappa shape index (κ3) is 2.33. The first-order valence-corrected chi connectivity index (χ1v) is 7.45. The summed E-state index contributed by atoms with van der Waals surface area (Å²) in [4.78, 5) is 4.64. The van der Waals surface area contributed by atoms with Crippen molar-refractivity contribution in [1.29, 1.82) is 0 Å². The second kappa shape index (κ2) is 5.87. The van der Waals surface area contributed by atoms with E-state index < -0.39 is 0 Å². The van der Waals surface area contributed by atoms with Crippen LogP contribution in [-0.4, -0.2) is 16.6 Å². The van der Waals surface area contributed by atoms with Crippen molar-refractivity contribution in [2.45, 2.75) is 65.0 Å². The zero-order valence-corrected chi connectivity index (χ0v) is 12.1. The number of hydrogen-bond donors (Lipinski definition) is 1. The minimum absolute atomic E-state index is 0.409. The predicted octanol–water partition coefficient (Wildman–Crippen LogP) is 3.52. The first-order chi connectivity index (χ1) is 8.77. The van der Waals surface area contributed by atoms with E-state index in [1.165, 1.54) is 44.3 Å². The van der Waals surface area contributed by atoms with Gasteiger partial charge in [-0.25, -0.2) is 4.98 Å². The Balaban J connectivity index is 2.29. The summed E-state index contributed by atoms with van der Waals surface area (Å²) in [6.45, 7) is 5.64. The summed E-state index contributed by atoms with van der Waals surface area (Å²) in [6.07, 6.45) is 11.9. The lowest BCUT2D eigenvalue weighted by atomic mass is 9.75. The summed E-state index contributed by atoms with van der Waals surface area (Å²) in [5.41, 5.74) is 0.422. The van der Waals surface area contributed by atoms with Crippen LogP contribution in [0.15, 0.2) is 12.4 Å². The van der Waals surface area contributed by atoms with Gasteiger partial charge in [-0.15, -0.1) is 0 Å². The van der Waals surface area contributed by atoms with Gasteiger partial charge in [-0.1, -0.05) is 26.7 Å². The average molecular weight is 249 g/mol. The highest BCUT2D eigenvalue weighted by molar-refractivity contribution is 5.07. The summed E-state index contributed by atoms with van der Waals surface area (Å²) < 4.78 is 2.33. The van der Waals surface area contributed by atoms with Gasteiger partial charge >= 0.3 is 0 Å². The number of rotatable bonds is 6. The first-order valence-electron chi connectivity index (χ1n) is 7.45. The lowest BCUT2D eigenvalue weighted by Crippen LogP contribution is -2.36. The van der Waals surface area contributed by atoms with Crippen molar-refractivity contribution in [3.05, 3.63) is 18.2 Å². The Hall–Kier alpha value is -0.830. The summed E-state index contributed by atoms with van der Waals surface area (Å²) in [6, 6.07) is 0.409. The number of aryl methyl sites for hydroxylation is 1. The Bertz CT molecular complexity index is 364. The van der Waals surface area contributed by atoms with Gasteiger partial charge in [-0.3, -0.25) is 0 Å². The third-order valence-electron chi connectivity index (χ3n) is 4.67. The number of hydrogen-bond acceptors (Lipinski definition) is 2. The smallest absolute Gasteiger partial charge is 0.126 e. The fourth-order valence-electron chi connectivity index (χ4n) is 3.65. The SMILES string of the molecule is CCCn1ccnc1C(NC)C1(CC)CCCC1. The topological polar surface area (TPSA) is 29.9 Å². The van der Waals surface area contributed by atoms with Crippen molar-refractivity contribution in [2.24, 2.45) is 5.41 Å². The van der Waals surface area contributed by atoms with E-state index in [2.05, 4.69) is 42.0 Å². The maximum absolute atomic E-state index is 4.64. The molecule has 0 spiro atoms. The van der Waals surface area contributed by atoms with Crippen LogP contribution >= 0.6 is 0 Å². The van der Waals surface area contributed by atoms with Crippen LogP contribution in [0, 0.1) is 5.41 Å². The van der Waals surface area contributed by atoms with Gasteiger partial charge in [0.25, 0.3) is 0 Å². The Labute approximate surface area is 111 Å². The van der Waals surface area contributed by atoms with Crippen molar-refractivity contribution in [2.75, 3.05) is 7.05 Å². The fourth-order valence-corrected chi connectivity index (χ4v) is 3.65. The molecule has 1 aliphatic carbocycles. The van der Waals surface area contributed by atoms with E-state index in [1.54, 1.807) is 0 Å². The van der Waals surface area contributed by atoms with Gasteiger partial charge in [0.15, 0.2) is 0 Å². The predicted molar refractivity (Wildman–Crippen MR) is 75.5 cm³/mol. The average Bonchev–Trinajstić information content (AvgIpc) is 3.02. The summed E-state index contributed by atoms with van der Waals surface area (Å²) in [5, 5.41) is 3.55. The Morgan fingerprint density at radius 3 is 2.67 bits per heavy atom. The number of aromatic nitrogens is 2. The lowest BCUT2D eigenvalue weighted by molar-refractivity contribution is 0.184. The molecule has 102 valence electrons. The standard InChI is InChI=1S/C15H27N3/c1-4-11-18-12-10-17-14(18)13(16-3)15(5-2)8-6-7-9-15/h10,12-13,16H,4-9,11H2,1-3H3. The number of nitrogens with one attached hydrogen (secondary N) is 1. The molecule has 18 heavy (non-hydrogen) atoms. The monoisotopic (exact) mass is 249 g/mol. The Kier molecular flexibility index (Phi) is 4.44. The van der Waals surface area contributed by atoms with Crippen LogP contribution in [0.4, 0.5) is 0 Å². The molecule has 0 bridgehead atoms. The molecule has 3 nitrogen and oxygen atoms in total. The van der Waals surface area contributed by atoms with Crippen LogP contribution in [-0.2, 0) is 6.54 Å². The molecular formula is C15H27N3. The van der Waals surface area contributed by atoms with Crippen molar-refractivity contribution < 1.29 is 0 Å². The summed E-state index contributed by atoms with van der Waals surface area (Å²) in [5.74, 6) is 1.24. The van der Waals surface area contributed by atoms with Gasteiger partial charge < -0.3 is 9.88 Å². The van der Waals surface area contributed by atoms with E-state index in [-0.39, 0.29) is 0 Å². The minimum Gasteiger partial charge on any atom is -0.334 e. The summed E-state index contributed by atoms with van der Waals surface area (Å²) >= 11 is 0. The van der Waals surface area contributed by atoms with Crippen LogP contribution < -0.4 is 5.32 Å². The molecule has 0 radical (unpaired) electrons. The van der Waals surface area contributed by atoms with E-state index in [0.717, 1.165) is 6.54 Å². The van der Waals surface area contributed by atoms with Crippen LogP contribution in [0.5, 0.6) is 0 Å². The molecule has 1 saturated carbocycles. The van der Waals surface area contributed by atoms with Crippen LogP contribution in [0.1, 0.15) is 64.2 Å². The Morgan fingerprint density at radius 1 is 1.39 bits per heavy atom. The highest BCUT2D eigenvalue weighted by atomic mass is 15.1. The first kappa shape index (κ1) is 13.6. The molecule has 0 aromatic carbocycles. The van der Waals surface area contributed by atoms with Gasteiger partial charge in [-0.2, -0.15) is 0 Å². The molecular weight excluding hydrogens is 222 g/mol. The van der Waals surface area contributed by atoms with Gasteiger partial charge in [0.1, 0.15) is 5.82 Å². The largest absolute Gasteiger partial charge is 0.334 e. The van der Waals surface area contributed by atoms with Gasteiger partial charge in [-0.05, 0) is 38.1 Å². The van der Waals surface area contributed by atoms with Gasteiger partial charge in [0, 0.05) is 18.9 Å². The van der Waals surface area contributed by atoms with Crippen LogP contribution in [0.3, 0.4) is 0 Å². The molecule has 1 aromatic heterocycles. The molecule has 1 fully saturated rings. The Morgan fingerprint density at radius 2 is 2.11 bits per heavy atom. The van der Waals surface area contributed by atoms with E-state index in [4.69, 9.17) is 0 Å². The summed E-state index contributed by atoms with van der Waals surface area (Å²) in [7, 11) is 2.09. The molecule has 0 amide bonds. The van der Waals surface area contributed by atoms with Crippen molar-refractivity contribution in [3.63, 3.8) is 0 Å². The molecule has 0 aliphatic heterocycles. The van der Waals surface area contributed by atoms with E-state index in [1.807, 2.05) is 6.20 Å². The van der Waals surface area contributed by atoms with Gasteiger partial charge in [0.2, 0.25) is 0 Å². The molecule has 1 aromatic rings. The quantitative estimate of drug-likeness (QED) is 0.836. The maximum atomic E-state index is 4.64. The van der Waals surface area contributed by atoms with E-state index in [0.29, 0.717) is 11.5 Å². The molecule has 1 aliphatic rings. The zero-order valence-electron chi connectivity index (χ0n) is 12.1. The van der Waals surface area contributed by atoms with E-state index >= 15 is 0 Å². The zero-order chi connectivity index (χ0) is 13.0. The molecule has 1 heterocycles. The van der Waals surface area contributed by atoms with Gasteiger partial charge in [0.05, 0.1) is 6.04 Å². The maximum Gasteiger partial charge on any atom is 0.126 e.